The number of amides is 1. The maximum Gasteiger partial charge on any atom is 0.264 e. The lowest BCUT2D eigenvalue weighted by atomic mass is 10.1. The highest BCUT2D eigenvalue weighted by Crippen LogP contribution is 2.36. The third kappa shape index (κ3) is 1.16. The second-order valence-corrected chi connectivity index (χ2v) is 3.62. The molecule has 0 saturated heterocycles. The van der Waals surface area contributed by atoms with Crippen molar-refractivity contribution < 1.29 is 9.53 Å². The van der Waals surface area contributed by atoms with Gasteiger partial charge in [0, 0.05) is 7.05 Å². The molecule has 0 atom stereocenters. The van der Waals surface area contributed by atoms with Crippen molar-refractivity contribution in [2.75, 3.05) is 18.6 Å². The summed E-state index contributed by atoms with van der Waals surface area (Å²) in [6.07, 6.45) is 0. The molecule has 0 unspecified atom stereocenters. The molecule has 0 aliphatic carbocycles. The standard InChI is InChI=1S/C11H13NO2/c1-7-4-5-8(2)11-10(7)12(3)9(13)6-14-11/h4-5H,6H2,1-3H3. The van der Waals surface area contributed by atoms with Gasteiger partial charge in [-0.1, -0.05) is 12.1 Å². The van der Waals surface area contributed by atoms with E-state index in [-0.39, 0.29) is 12.5 Å². The van der Waals surface area contributed by atoms with Crippen LogP contribution in [-0.2, 0) is 4.79 Å². The number of hydrogen-bond acceptors (Lipinski definition) is 2. The molecule has 0 aromatic heterocycles. The number of hydrogen-bond donors (Lipinski definition) is 0. The van der Waals surface area contributed by atoms with E-state index in [1.54, 1.807) is 11.9 Å². The van der Waals surface area contributed by atoms with Crippen LogP contribution in [0.1, 0.15) is 11.1 Å². The van der Waals surface area contributed by atoms with Crippen molar-refractivity contribution in [2.24, 2.45) is 0 Å². The van der Waals surface area contributed by atoms with Gasteiger partial charge in [-0.15, -0.1) is 0 Å². The van der Waals surface area contributed by atoms with E-state index in [0.717, 1.165) is 22.6 Å². The van der Waals surface area contributed by atoms with Gasteiger partial charge in [-0.3, -0.25) is 4.79 Å². The number of nitrogens with zero attached hydrogens (tertiary/aromatic N) is 1. The first-order valence-electron chi connectivity index (χ1n) is 4.61. The molecule has 0 fully saturated rings. The minimum absolute atomic E-state index is 0.00574. The molecule has 1 amide bonds. The Labute approximate surface area is 83.3 Å². The largest absolute Gasteiger partial charge is 0.481 e. The second-order valence-electron chi connectivity index (χ2n) is 3.62. The number of anilines is 1. The average Bonchev–Trinajstić information content (AvgIpc) is 2.16. The molecule has 1 aromatic carbocycles. The first-order chi connectivity index (χ1) is 6.61. The first kappa shape index (κ1) is 9.06. The van der Waals surface area contributed by atoms with E-state index in [9.17, 15) is 4.79 Å². The zero-order valence-corrected chi connectivity index (χ0v) is 8.63. The van der Waals surface area contributed by atoms with E-state index in [1.165, 1.54) is 0 Å². The minimum Gasteiger partial charge on any atom is -0.481 e. The second kappa shape index (κ2) is 3.01. The Hall–Kier alpha value is -1.51. The van der Waals surface area contributed by atoms with Crippen LogP contribution in [0.4, 0.5) is 5.69 Å². The molecule has 3 nitrogen and oxygen atoms in total. The van der Waals surface area contributed by atoms with Crippen LogP contribution < -0.4 is 9.64 Å². The molecule has 74 valence electrons. The van der Waals surface area contributed by atoms with E-state index in [4.69, 9.17) is 4.74 Å². The normalized spacial score (nSPS) is 15.1. The first-order valence-corrected chi connectivity index (χ1v) is 4.61. The number of likely N-dealkylation sites (N-methyl/N-ethyl adjacent to an activating group) is 1. The Morgan fingerprint density at radius 1 is 1.29 bits per heavy atom. The van der Waals surface area contributed by atoms with Crippen LogP contribution in [-0.4, -0.2) is 19.6 Å². The third-order valence-corrected chi connectivity index (χ3v) is 2.58. The fraction of sp³-hybridized carbons (Fsp3) is 0.364. The summed E-state index contributed by atoms with van der Waals surface area (Å²) in [5.74, 6) is 0.846. The number of rotatable bonds is 0. The van der Waals surface area contributed by atoms with Gasteiger partial charge in [0.1, 0.15) is 5.75 Å². The Morgan fingerprint density at radius 2 is 1.93 bits per heavy atom. The van der Waals surface area contributed by atoms with Gasteiger partial charge in [0.15, 0.2) is 6.61 Å². The number of benzene rings is 1. The van der Waals surface area contributed by atoms with Gasteiger partial charge in [0.2, 0.25) is 0 Å². The van der Waals surface area contributed by atoms with Crippen molar-refractivity contribution in [3.63, 3.8) is 0 Å². The van der Waals surface area contributed by atoms with Crippen LogP contribution in [0, 0.1) is 13.8 Å². The SMILES string of the molecule is Cc1ccc(C)c2c1OCC(=O)N2C. The number of ether oxygens (including phenoxy) is 1. The molecule has 1 heterocycles. The van der Waals surface area contributed by atoms with Crippen molar-refractivity contribution in [3.8, 4) is 5.75 Å². The van der Waals surface area contributed by atoms with E-state index in [1.807, 2.05) is 26.0 Å². The molecule has 3 heteroatoms. The Balaban J connectivity index is 2.64. The fourth-order valence-electron chi connectivity index (χ4n) is 1.72. The monoisotopic (exact) mass is 191 g/mol. The van der Waals surface area contributed by atoms with Crippen LogP contribution >= 0.6 is 0 Å². The van der Waals surface area contributed by atoms with Gasteiger partial charge in [-0.2, -0.15) is 0 Å². The van der Waals surface area contributed by atoms with Crippen LogP contribution in [0.3, 0.4) is 0 Å². The molecular formula is C11H13NO2. The summed E-state index contributed by atoms with van der Waals surface area (Å²) in [6, 6.07) is 4.02. The molecule has 2 rings (SSSR count). The van der Waals surface area contributed by atoms with Gasteiger partial charge in [-0.05, 0) is 25.0 Å². The summed E-state index contributed by atoms with van der Waals surface area (Å²) >= 11 is 0. The van der Waals surface area contributed by atoms with Crippen LogP contribution in [0.5, 0.6) is 5.75 Å². The van der Waals surface area contributed by atoms with E-state index in [0.29, 0.717) is 0 Å². The van der Waals surface area contributed by atoms with Gasteiger partial charge in [0.05, 0.1) is 5.69 Å². The number of fused-ring (bicyclic) bond motifs is 1. The number of carbonyl (C=O) groups is 1. The summed E-state index contributed by atoms with van der Waals surface area (Å²) in [6.45, 7) is 4.12. The molecule has 1 aliphatic rings. The van der Waals surface area contributed by atoms with E-state index in [2.05, 4.69) is 0 Å². The topological polar surface area (TPSA) is 29.5 Å². The van der Waals surface area contributed by atoms with Crippen molar-refractivity contribution in [1.82, 2.24) is 0 Å². The quantitative estimate of drug-likeness (QED) is 0.624. The van der Waals surface area contributed by atoms with Crippen LogP contribution in [0.25, 0.3) is 0 Å². The maximum absolute atomic E-state index is 11.4. The van der Waals surface area contributed by atoms with Gasteiger partial charge in [0.25, 0.3) is 5.91 Å². The molecule has 0 spiro atoms. The highest BCUT2D eigenvalue weighted by Gasteiger charge is 2.24. The summed E-state index contributed by atoms with van der Waals surface area (Å²) in [5, 5.41) is 0. The highest BCUT2D eigenvalue weighted by atomic mass is 16.5. The van der Waals surface area contributed by atoms with Crippen LogP contribution in [0.15, 0.2) is 12.1 Å². The number of carbonyl (C=O) groups excluding carboxylic acids is 1. The van der Waals surface area contributed by atoms with Gasteiger partial charge < -0.3 is 9.64 Å². The number of aryl methyl sites for hydroxylation is 2. The van der Waals surface area contributed by atoms with E-state index < -0.39 is 0 Å². The summed E-state index contributed by atoms with van der Waals surface area (Å²) < 4.78 is 5.43. The molecule has 0 radical (unpaired) electrons. The third-order valence-electron chi connectivity index (χ3n) is 2.58. The zero-order chi connectivity index (χ0) is 10.3. The van der Waals surface area contributed by atoms with Crippen molar-refractivity contribution in [1.29, 1.82) is 0 Å². The summed E-state index contributed by atoms with van der Waals surface area (Å²) in [5.41, 5.74) is 3.05. The highest BCUT2D eigenvalue weighted by molar-refractivity contribution is 5.98. The van der Waals surface area contributed by atoms with Crippen molar-refractivity contribution >= 4 is 11.6 Å². The minimum atomic E-state index is 0.00574. The van der Waals surface area contributed by atoms with Crippen LogP contribution in [0.2, 0.25) is 0 Å². The molecule has 0 saturated carbocycles. The predicted octanol–water partition coefficient (Wildman–Crippen LogP) is 1.66. The van der Waals surface area contributed by atoms with Gasteiger partial charge in [-0.25, -0.2) is 0 Å². The summed E-state index contributed by atoms with van der Waals surface area (Å²) in [4.78, 5) is 13.1. The molecule has 0 N–H and O–H groups in total. The van der Waals surface area contributed by atoms with E-state index >= 15 is 0 Å². The van der Waals surface area contributed by atoms with Gasteiger partial charge >= 0.3 is 0 Å². The molecule has 1 aliphatic heterocycles. The zero-order valence-electron chi connectivity index (χ0n) is 8.63. The fourth-order valence-corrected chi connectivity index (χ4v) is 1.72. The van der Waals surface area contributed by atoms with Crippen molar-refractivity contribution in [2.45, 2.75) is 13.8 Å². The smallest absolute Gasteiger partial charge is 0.264 e. The summed E-state index contributed by atoms with van der Waals surface area (Å²) in [7, 11) is 1.79. The molecule has 1 aromatic rings. The lowest BCUT2D eigenvalue weighted by Gasteiger charge is -2.28. The molecule has 0 bridgehead atoms. The average molecular weight is 191 g/mol. The Kier molecular flexibility index (Phi) is 1.95. The molecular weight excluding hydrogens is 178 g/mol. The molecule has 14 heavy (non-hydrogen) atoms. The lowest BCUT2D eigenvalue weighted by Crippen LogP contribution is -2.36. The maximum atomic E-state index is 11.4. The lowest BCUT2D eigenvalue weighted by molar-refractivity contribution is -0.121. The predicted molar refractivity (Wildman–Crippen MR) is 54.8 cm³/mol. The van der Waals surface area contributed by atoms with Crippen molar-refractivity contribution in [3.05, 3.63) is 23.3 Å². The Bertz CT molecular complexity index is 399. The Morgan fingerprint density at radius 3 is 2.64 bits per heavy atom.